The molecule has 4 rings (SSSR count). The van der Waals surface area contributed by atoms with Gasteiger partial charge in [0.1, 0.15) is 5.01 Å². The first-order valence-corrected chi connectivity index (χ1v) is 9.78. The number of imidazole rings is 1. The summed E-state index contributed by atoms with van der Waals surface area (Å²) in [5.41, 5.74) is 2.14. The van der Waals surface area contributed by atoms with E-state index in [0.717, 1.165) is 47.9 Å². The number of rotatable bonds is 4. The molecule has 1 N–H and O–H groups in total. The highest BCUT2D eigenvalue weighted by atomic mass is 32.1. The highest BCUT2D eigenvalue weighted by Crippen LogP contribution is 2.27. The number of carbonyl (C=O) groups excluding carboxylic acids is 1. The van der Waals surface area contributed by atoms with E-state index in [0.29, 0.717) is 11.7 Å². The predicted octanol–water partition coefficient (Wildman–Crippen LogP) is 3.07. The van der Waals surface area contributed by atoms with Gasteiger partial charge in [0.2, 0.25) is 17.0 Å². The van der Waals surface area contributed by atoms with Crippen molar-refractivity contribution < 1.29 is 4.79 Å². The molecule has 1 amide bonds. The van der Waals surface area contributed by atoms with Gasteiger partial charge in [0.15, 0.2) is 0 Å². The summed E-state index contributed by atoms with van der Waals surface area (Å²) in [6.07, 6.45) is 1.85. The van der Waals surface area contributed by atoms with Gasteiger partial charge < -0.3 is 14.8 Å². The first-order chi connectivity index (χ1) is 12.7. The zero-order chi connectivity index (χ0) is 18.1. The van der Waals surface area contributed by atoms with Crippen molar-refractivity contribution in [3.8, 4) is 0 Å². The van der Waals surface area contributed by atoms with Gasteiger partial charge in [-0.05, 0) is 38.8 Å². The number of para-hydroxylation sites is 2. The summed E-state index contributed by atoms with van der Waals surface area (Å²) in [4.78, 5) is 19.7. The van der Waals surface area contributed by atoms with Crippen LogP contribution in [-0.4, -0.2) is 38.7 Å². The number of carbonyl (C=O) groups is 1. The van der Waals surface area contributed by atoms with Crippen LogP contribution in [-0.2, 0) is 11.3 Å². The van der Waals surface area contributed by atoms with Crippen molar-refractivity contribution in [3.63, 3.8) is 0 Å². The average Bonchev–Trinajstić information content (AvgIpc) is 3.24. The van der Waals surface area contributed by atoms with Crippen LogP contribution in [0.5, 0.6) is 0 Å². The van der Waals surface area contributed by atoms with Gasteiger partial charge >= 0.3 is 0 Å². The average molecular weight is 370 g/mol. The summed E-state index contributed by atoms with van der Waals surface area (Å²) in [6.45, 7) is 6.46. The first-order valence-electron chi connectivity index (χ1n) is 8.97. The molecular formula is C18H22N6OS. The highest BCUT2D eigenvalue weighted by molar-refractivity contribution is 7.15. The van der Waals surface area contributed by atoms with Crippen LogP contribution in [0, 0.1) is 12.8 Å². The van der Waals surface area contributed by atoms with Gasteiger partial charge in [-0.25, -0.2) is 4.98 Å². The molecule has 1 saturated heterocycles. The number of aryl methyl sites for hydroxylation is 2. The van der Waals surface area contributed by atoms with Gasteiger partial charge in [-0.1, -0.05) is 23.5 Å². The second-order valence-corrected chi connectivity index (χ2v) is 7.73. The van der Waals surface area contributed by atoms with Crippen LogP contribution in [0.2, 0.25) is 0 Å². The van der Waals surface area contributed by atoms with E-state index < -0.39 is 0 Å². The molecule has 7 nitrogen and oxygen atoms in total. The van der Waals surface area contributed by atoms with Crippen molar-refractivity contribution in [2.75, 3.05) is 23.3 Å². The summed E-state index contributed by atoms with van der Waals surface area (Å²) in [6, 6.07) is 8.18. The van der Waals surface area contributed by atoms with Gasteiger partial charge in [0.25, 0.3) is 0 Å². The third-order valence-corrected chi connectivity index (χ3v) is 5.54. The molecule has 0 bridgehead atoms. The van der Waals surface area contributed by atoms with E-state index in [4.69, 9.17) is 4.98 Å². The zero-order valence-corrected chi connectivity index (χ0v) is 15.8. The minimum atomic E-state index is -0.0712. The van der Waals surface area contributed by atoms with Crippen molar-refractivity contribution in [2.24, 2.45) is 5.92 Å². The maximum absolute atomic E-state index is 12.7. The lowest BCUT2D eigenvalue weighted by Gasteiger charge is -2.32. The largest absolute Gasteiger partial charge is 0.341 e. The Hall–Kier alpha value is -2.48. The molecule has 0 saturated carbocycles. The minimum absolute atomic E-state index is 0.0185. The molecule has 3 aromatic rings. The molecule has 1 aliphatic rings. The topological polar surface area (TPSA) is 75.9 Å². The summed E-state index contributed by atoms with van der Waals surface area (Å²) < 4.78 is 2.23. The quantitative estimate of drug-likeness (QED) is 0.764. The van der Waals surface area contributed by atoms with E-state index in [1.165, 1.54) is 11.3 Å². The fraction of sp³-hybridized carbons (Fsp3) is 0.444. The lowest BCUT2D eigenvalue weighted by Crippen LogP contribution is -2.41. The Bertz CT molecular complexity index is 933. The normalized spacial score (nSPS) is 17.6. The number of amides is 1. The second kappa shape index (κ2) is 7.03. The summed E-state index contributed by atoms with van der Waals surface area (Å²) in [5, 5.41) is 12.3. The Balaban J connectivity index is 1.54. The molecule has 1 fully saturated rings. The number of hydrogen-bond acceptors (Lipinski definition) is 6. The maximum Gasteiger partial charge on any atom is 0.231 e. The third-order valence-electron chi connectivity index (χ3n) is 4.78. The monoisotopic (exact) mass is 370 g/mol. The number of nitrogens with one attached hydrogen (secondary N) is 1. The smallest absolute Gasteiger partial charge is 0.231 e. The number of nitrogens with zero attached hydrogens (tertiary/aromatic N) is 5. The summed E-state index contributed by atoms with van der Waals surface area (Å²) in [7, 11) is 0. The molecule has 136 valence electrons. The van der Waals surface area contributed by atoms with Gasteiger partial charge in [0, 0.05) is 19.6 Å². The van der Waals surface area contributed by atoms with Gasteiger partial charge in [-0.15, -0.1) is 10.2 Å². The molecule has 0 radical (unpaired) electrons. The van der Waals surface area contributed by atoms with Crippen molar-refractivity contribution in [1.29, 1.82) is 0 Å². The van der Waals surface area contributed by atoms with Gasteiger partial charge in [-0.2, -0.15) is 0 Å². The molecule has 2 aromatic heterocycles. The molecule has 3 heterocycles. The van der Waals surface area contributed by atoms with E-state index in [1.54, 1.807) is 0 Å². The Kier molecular flexibility index (Phi) is 4.58. The standard InChI is InChI=1S/C18H22N6OS/c1-3-24-15-9-5-4-8-14(15)19-18(24)23-10-6-7-13(11-23)16(25)20-17-22-21-12(2)26-17/h4-5,8-9,13H,3,6-7,10-11H2,1-2H3,(H,20,22,25)/t13-/m0/s1. The van der Waals surface area contributed by atoms with E-state index in [9.17, 15) is 4.79 Å². The third kappa shape index (κ3) is 3.16. The number of piperidine rings is 1. The Morgan fingerprint density at radius 2 is 2.19 bits per heavy atom. The van der Waals surface area contributed by atoms with E-state index in [-0.39, 0.29) is 11.8 Å². The van der Waals surface area contributed by atoms with Crippen LogP contribution in [0.4, 0.5) is 11.1 Å². The first kappa shape index (κ1) is 17.0. The molecule has 0 aliphatic carbocycles. The number of anilines is 2. The lowest BCUT2D eigenvalue weighted by molar-refractivity contribution is -0.120. The predicted molar refractivity (Wildman–Crippen MR) is 104 cm³/mol. The summed E-state index contributed by atoms with van der Waals surface area (Å²) >= 11 is 1.40. The Morgan fingerprint density at radius 1 is 1.35 bits per heavy atom. The molecule has 0 unspecified atom stereocenters. The Morgan fingerprint density at radius 3 is 2.96 bits per heavy atom. The van der Waals surface area contributed by atoms with Crippen LogP contribution in [0.1, 0.15) is 24.8 Å². The van der Waals surface area contributed by atoms with E-state index in [1.807, 2.05) is 25.1 Å². The SMILES string of the molecule is CCn1c(N2CCC[C@H](C(=O)Nc3nnc(C)s3)C2)nc2ccccc21. The van der Waals surface area contributed by atoms with Crippen LogP contribution in [0.25, 0.3) is 11.0 Å². The molecule has 26 heavy (non-hydrogen) atoms. The number of aromatic nitrogens is 4. The van der Waals surface area contributed by atoms with Gasteiger partial charge in [0.05, 0.1) is 17.0 Å². The Labute approximate surface area is 156 Å². The fourth-order valence-corrected chi connectivity index (χ4v) is 4.14. The molecular weight excluding hydrogens is 348 g/mol. The lowest BCUT2D eigenvalue weighted by atomic mass is 9.97. The van der Waals surface area contributed by atoms with Crippen molar-refractivity contribution >= 4 is 39.4 Å². The fourth-order valence-electron chi connectivity index (χ4n) is 3.54. The molecule has 8 heteroatoms. The van der Waals surface area contributed by atoms with Crippen LogP contribution >= 0.6 is 11.3 Å². The highest BCUT2D eigenvalue weighted by Gasteiger charge is 2.29. The molecule has 1 aromatic carbocycles. The van der Waals surface area contributed by atoms with Crippen molar-refractivity contribution in [2.45, 2.75) is 33.2 Å². The van der Waals surface area contributed by atoms with E-state index >= 15 is 0 Å². The summed E-state index contributed by atoms with van der Waals surface area (Å²) in [5.74, 6) is 0.904. The number of benzene rings is 1. The molecule has 0 spiro atoms. The second-order valence-electron chi connectivity index (χ2n) is 6.55. The number of fused-ring (bicyclic) bond motifs is 1. The maximum atomic E-state index is 12.7. The zero-order valence-electron chi connectivity index (χ0n) is 15.0. The number of hydrogen-bond donors (Lipinski definition) is 1. The van der Waals surface area contributed by atoms with Crippen LogP contribution < -0.4 is 10.2 Å². The van der Waals surface area contributed by atoms with Crippen LogP contribution in [0.3, 0.4) is 0 Å². The van der Waals surface area contributed by atoms with E-state index in [2.05, 4.69) is 38.0 Å². The van der Waals surface area contributed by atoms with Crippen molar-refractivity contribution in [3.05, 3.63) is 29.3 Å². The van der Waals surface area contributed by atoms with Crippen molar-refractivity contribution in [1.82, 2.24) is 19.7 Å². The molecule has 1 aliphatic heterocycles. The van der Waals surface area contributed by atoms with Crippen LogP contribution in [0.15, 0.2) is 24.3 Å². The molecule has 1 atom stereocenters. The van der Waals surface area contributed by atoms with Gasteiger partial charge in [-0.3, -0.25) is 4.79 Å². The minimum Gasteiger partial charge on any atom is -0.341 e.